The van der Waals surface area contributed by atoms with Gasteiger partial charge in [-0.15, -0.1) is 0 Å². The van der Waals surface area contributed by atoms with E-state index in [-0.39, 0.29) is 11.7 Å². The van der Waals surface area contributed by atoms with E-state index in [1.54, 1.807) is 0 Å². The molecule has 1 aliphatic rings. The second-order valence-corrected chi connectivity index (χ2v) is 4.76. The van der Waals surface area contributed by atoms with Gasteiger partial charge in [-0.25, -0.2) is 13.2 Å². The lowest BCUT2D eigenvalue weighted by Crippen LogP contribution is -2.30. The fourth-order valence-corrected chi connectivity index (χ4v) is 2.36. The average Bonchev–Trinajstić information content (AvgIpc) is 2.29. The average molecular weight is 243 g/mol. The molecule has 0 bridgehead atoms. The van der Waals surface area contributed by atoms with Crippen LogP contribution in [0.1, 0.15) is 32.6 Å². The van der Waals surface area contributed by atoms with Crippen LogP contribution in [0, 0.1) is 23.4 Å². The van der Waals surface area contributed by atoms with E-state index in [2.05, 4.69) is 12.2 Å². The first kappa shape index (κ1) is 12.3. The van der Waals surface area contributed by atoms with Gasteiger partial charge in [0.05, 0.1) is 5.69 Å². The monoisotopic (exact) mass is 243 g/mol. The van der Waals surface area contributed by atoms with Crippen molar-refractivity contribution in [3.05, 3.63) is 29.6 Å². The molecule has 17 heavy (non-hydrogen) atoms. The number of halogens is 3. The van der Waals surface area contributed by atoms with Gasteiger partial charge < -0.3 is 5.32 Å². The van der Waals surface area contributed by atoms with E-state index in [4.69, 9.17) is 0 Å². The van der Waals surface area contributed by atoms with Crippen molar-refractivity contribution >= 4 is 5.69 Å². The Kier molecular flexibility index (Phi) is 3.60. The first-order valence-electron chi connectivity index (χ1n) is 5.99. The maximum Gasteiger partial charge on any atom is 0.161 e. The van der Waals surface area contributed by atoms with Crippen LogP contribution in [-0.4, -0.2) is 6.04 Å². The molecule has 1 aliphatic carbocycles. The molecular weight excluding hydrogens is 227 g/mol. The summed E-state index contributed by atoms with van der Waals surface area (Å²) in [6, 6.07) is 1.63. The summed E-state index contributed by atoms with van der Waals surface area (Å²) >= 11 is 0. The molecule has 2 unspecified atom stereocenters. The van der Waals surface area contributed by atoms with Crippen LogP contribution in [0.3, 0.4) is 0 Å². The molecule has 1 aromatic rings. The van der Waals surface area contributed by atoms with Gasteiger partial charge in [0.15, 0.2) is 11.6 Å². The van der Waals surface area contributed by atoms with Gasteiger partial charge in [0.1, 0.15) is 5.82 Å². The largest absolute Gasteiger partial charge is 0.380 e. The SMILES string of the molecule is CC1CCCCC1Nc1cc(F)c(F)cc1F. The van der Waals surface area contributed by atoms with Gasteiger partial charge in [0.25, 0.3) is 0 Å². The van der Waals surface area contributed by atoms with E-state index in [0.29, 0.717) is 12.0 Å². The second-order valence-electron chi connectivity index (χ2n) is 4.76. The van der Waals surface area contributed by atoms with Crippen LogP contribution in [0.15, 0.2) is 12.1 Å². The summed E-state index contributed by atoms with van der Waals surface area (Å²) < 4.78 is 39.2. The molecule has 0 saturated heterocycles. The molecule has 0 aliphatic heterocycles. The number of nitrogens with one attached hydrogen (secondary N) is 1. The van der Waals surface area contributed by atoms with Crippen molar-refractivity contribution < 1.29 is 13.2 Å². The Balaban J connectivity index is 2.15. The van der Waals surface area contributed by atoms with Crippen molar-refractivity contribution in [3.63, 3.8) is 0 Å². The fourth-order valence-electron chi connectivity index (χ4n) is 2.36. The highest BCUT2D eigenvalue weighted by Gasteiger charge is 2.22. The zero-order chi connectivity index (χ0) is 12.4. The zero-order valence-electron chi connectivity index (χ0n) is 9.77. The van der Waals surface area contributed by atoms with E-state index < -0.39 is 17.5 Å². The molecule has 0 heterocycles. The maximum absolute atomic E-state index is 13.4. The van der Waals surface area contributed by atoms with Crippen molar-refractivity contribution in [1.82, 2.24) is 0 Å². The number of hydrogen-bond donors (Lipinski definition) is 1. The number of benzene rings is 1. The molecule has 94 valence electrons. The standard InChI is InChI=1S/C13H16F3N/c1-8-4-2-3-5-12(8)17-13-7-10(15)9(14)6-11(13)16/h6-8,12,17H,2-5H2,1H3. The van der Waals surface area contributed by atoms with Gasteiger partial charge in [-0.2, -0.15) is 0 Å². The fraction of sp³-hybridized carbons (Fsp3) is 0.538. The van der Waals surface area contributed by atoms with Crippen molar-refractivity contribution in [2.75, 3.05) is 5.32 Å². The lowest BCUT2D eigenvalue weighted by molar-refractivity contribution is 0.348. The van der Waals surface area contributed by atoms with E-state index in [1.807, 2.05) is 0 Å². The van der Waals surface area contributed by atoms with Crippen LogP contribution in [-0.2, 0) is 0 Å². The summed E-state index contributed by atoms with van der Waals surface area (Å²) in [7, 11) is 0. The number of rotatable bonds is 2. The normalized spacial score (nSPS) is 24.7. The molecule has 4 heteroatoms. The van der Waals surface area contributed by atoms with E-state index >= 15 is 0 Å². The zero-order valence-corrected chi connectivity index (χ0v) is 9.77. The molecular formula is C13H16F3N. The van der Waals surface area contributed by atoms with Crippen molar-refractivity contribution in [3.8, 4) is 0 Å². The predicted molar refractivity (Wildman–Crippen MR) is 61.4 cm³/mol. The van der Waals surface area contributed by atoms with Crippen molar-refractivity contribution in [2.24, 2.45) is 5.92 Å². The highest BCUT2D eigenvalue weighted by Crippen LogP contribution is 2.28. The first-order chi connectivity index (χ1) is 8.08. The molecule has 0 aromatic heterocycles. The van der Waals surface area contributed by atoms with Crippen LogP contribution < -0.4 is 5.32 Å². The molecule has 1 saturated carbocycles. The lowest BCUT2D eigenvalue weighted by Gasteiger charge is -2.30. The van der Waals surface area contributed by atoms with Gasteiger partial charge in [0.2, 0.25) is 0 Å². The molecule has 0 spiro atoms. The lowest BCUT2D eigenvalue weighted by atomic mass is 9.86. The Hall–Kier alpha value is -1.19. The summed E-state index contributed by atoms with van der Waals surface area (Å²) in [5.74, 6) is -2.47. The minimum Gasteiger partial charge on any atom is -0.380 e. The first-order valence-corrected chi connectivity index (χ1v) is 5.99. The molecule has 2 rings (SSSR count). The van der Waals surface area contributed by atoms with E-state index in [0.717, 1.165) is 25.3 Å². The molecule has 1 fully saturated rings. The molecule has 1 nitrogen and oxygen atoms in total. The Labute approximate surface area is 99.0 Å². The predicted octanol–water partition coefficient (Wildman–Crippen LogP) is 4.09. The third kappa shape index (κ3) is 2.73. The van der Waals surface area contributed by atoms with E-state index in [1.165, 1.54) is 6.42 Å². The molecule has 2 atom stereocenters. The van der Waals surface area contributed by atoms with Gasteiger partial charge in [-0.1, -0.05) is 19.8 Å². The quantitative estimate of drug-likeness (QED) is 0.771. The Morgan fingerprint density at radius 2 is 1.65 bits per heavy atom. The van der Waals surface area contributed by atoms with Crippen LogP contribution in [0.4, 0.5) is 18.9 Å². The van der Waals surface area contributed by atoms with Crippen molar-refractivity contribution in [1.29, 1.82) is 0 Å². The Bertz CT molecular complexity index is 406. The van der Waals surface area contributed by atoms with Crippen LogP contribution >= 0.6 is 0 Å². The molecule has 1 N–H and O–H groups in total. The van der Waals surface area contributed by atoms with Crippen LogP contribution in [0.25, 0.3) is 0 Å². The summed E-state index contributed by atoms with van der Waals surface area (Å²) in [5, 5.41) is 2.99. The number of hydrogen-bond acceptors (Lipinski definition) is 1. The van der Waals surface area contributed by atoms with Crippen LogP contribution in [0.5, 0.6) is 0 Å². The van der Waals surface area contributed by atoms with Gasteiger partial charge in [-0.05, 0) is 18.8 Å². The highest BCUT2D eigenvalue weighted by atomic mass is 19.2. The summed E-state index contributed by atoms with van der Waals surface area (Å²) in [6.45, 7) is 2.09. The van der Waals surface area contributed by atoms with Gasteiger partial charge in [-0.3, -0.25) is 0 Å². The smallest absolute Gasteiger partial charge is 0.161 e. The summed E-state index contributed by atoms with van der Waals surface area (Å²) in [5.41, 5.74) is 0.0580. The third-order valence-electron chi connectivity index (χ3n) is 3.46. The highest BCUT2D eigenvalue weighted by molar-refractivity contribution is 5.46. The molecule has 0 radical (unpaired) electrons. The molecule has 1 aromatic carbocycles. The third-order valence-corrected chi connectivity index (χ3v) is 3.46. The van der Waals surface area contributed by atoms with Crippen molar-refractivity contribution in [2.45, 2.75) is 38.6 Å². The topological polar surface area (TPSA) is 12.0 Å². The van der Waals surface area contributed by atoms with Gasteiger partial charge in [0, 0.05) is 18.2 Å². The minimum atomic E-state index is -1.15. The molecule has 0 amide bonds. The maximum atomic E-state index is 13.4. The van der Waals surface area contributed by atoms with E-state index in [9.17, 15) is 13.2 Å². The second kappa shape index (κ2) is 4.98. The number of anilines is 1. The van der Waals surface area contributed by atoms with Gasteiger partial charge >= 0.3 is 0 Å². The summed E-state index contributed by atoms with van der Waals surface area (Å²) in [4.78, 5) is 0. The summed E-state index contributed by atoms with van der Waals surface area (Å²) in [6.07, 6.45) is 4.30. The minimum absolute atomic E-state index is 0.0580. The van der Waals surface area contributed by atoms with Crippen LogP contribution in [0.2, 0.25) is 0 Å². The Morgan fingerprint density at radius 1 is 1.00 bits per heavy atom. The Morgan fingerprint density at radius 3 is 2.35 bits per heavy atom.